The number of hydrogen-bond acceptors (Lipinski definition) is 4. The summed E-state index contributed by atoms with van der Waals surface area (Å²) in [6, 6.07) is 9.74. The van der Waals surface area contributed by atoms with Crippen molar-refractivity contribution in [2.75, 3.05) is 13.1 Å². The van der Waals surface area contributed by atoms with Crippen molar-refractivity contribution in [1.29, 1.82) is 0 Å². The van der Waals surface area contributed by atoms with Crippen LogP contribution in [0.4, 0.5) is 4.39 Å². The number of aliphatic hydroxyl groups is 1. The third-order valence-corrected chi connectivity index (χ3v) is 8.72. The molecule has 0 aliphatic carbocycles. The van der Waals surface area contributed by atoms with E-state index >= 15 is 0 Å². The molecule has 0 unspecified atom stereocenters. The van der Waals surface area contributed by atoms with Crippen LogP contribution >= 0.6 is 27.5 Å². The molecule has 1 fully saturated rings. The van der Waals surface area contributed by atoms with E-state index in [2.05, 4.69) is 20.9 Å². The standard InChI is InChI=1S/C22H21BrClFN2O3S/c1-13-12-27(7-6-21(13)28)31(29,30)22-10-15(3-5-18(22)24)20-9-16(11-26-20)14-2-4-17(23)19(25)8-14/h2-5,8,10-11,13,21,28H,6-7,9,12H2,1H3/t13-,21-/m1/s1. The molecule has 31 heavy (non-hydrogen) atoms. The van der Waals surface area contributed by atoms with Crippen molar-refractivity contribution in [2.24, 2.45) is 10.9 Å². The Hall–Kier alpha value is -1.58. The molecule has 0 radical (unpaired) electrons. The SMILES string of the molecule is C[C@@H]1CN(S(=O)(=O)c2cc(C3=NC=C(c4ccc(Br)c(F)c4)C3)ccc2Cl)CC[C@H]1O. The first-order chi connectivity index (χ1) is 14.7. The summed E-state index contributed by atoms with van der Waals surface area (Å²) in [6.07, 6.45) is 2.01. The first-order valence-electron chi connectivity index (χ1n) is 9.86. The van der Waals surface area contributed by atoms with Crippen molar-refractivity contribution < 1.29 is 17.9 Å². The van der Waals surface area contributed by atoms with Crippen molar-refractivity contribution in [2.45, 2.75) is 30.8 Å². The summed E-state index contributed by atoms with van der Waals surface area (Å²) >= 11 is 9.42. The molecule has 9 heteroatoms. The molecular weight excluding hydrogens is 507 g/mol. The zero-order chi connectivity index (χ0) is 22.3. The minimum absolute atomic E-state index is 0.0288. The van der Waals surface area contributed by atoms with E-state index in [9.17, 15) is 17.9 Å². The number of allylic oxidation sites excluding steroid dienone is 1. The van der Waals surface area contributed by atoms with Gasteiger partial charge in [0.15, 0.2) is 0 Å². The maximum absolute atomic E-state index is 13.9. The van der Waals surface area contributed by atoms with Gasteiger partial charge in [-0.1, -0.05) is 30.7 Å². The number of halogens is 3. The maximum Gasteiger partial charge on any atom is 0.244 e. The van der Waals surface area contributed by atoms with Crippen LogP contribution in [-0.2, 0) is 10.0 Å². The fourth-order valence-corrected chi connectivity index (χ4v) is 6.11. The molecule has 0 spiro atoms. The van der Waals surface area contributed by atoms with Crippen LogP contribution in [-0.4, -0.2) is 42.7 Å². The number of aliphatic hydroxyl groups excluding tert-OH is 1. The fourth-order valence-electron chi connectivity index (χ4n) is 3.81. The van der Waals surface area contributed by atoms with E-state index in [-0.39, 0.29) is 34.7 Å². The molecular formula is C22H21BrClFN2O3S. The maximum atomic E-state index is 13.9. The van der Waals surface area contributed by atoms with Crippen LogP contribution < -0.4 is 0 Å². The van der Waals surface area contributed by atoms with Gasteiger partial charge >= 0.3 is 0 Å². The van der Waals surface area contributed by atoms with Gasteiger partial charge in [-0.3, -0.25) is 4.99 Å². The van der Waals surface area contributed by atoms with Crippen LogP contribution in [0.5, 0.6) is 0 Å². The van der Waals surface area contributed by atoms with Gasteiger partial charge in [-0.2, -0.15) is 4.31 Å². The first-order valence-corrected chi connectivity index (χ1v) is 12.5. The smallest absolute Gasteiger partial charge is 0.244 e. The molecule has 2 atom stereocenters. The Bertz CT molecular complexity index is 1200. The lowest BCUT2D eigenvalue weighted by Gasteiger charge is -2.33. The molecule has 1 saturated heterocycles. The van der Waals surface area contributed by atoms with Gasteiger partial charge in [0, 0.05) is 25.7 Å². The lowest BCUT2D eigenvalue weighted by atomic mass is 9.99. The van der Waals surface area contributed by atoms with Gasteiger partial charge in [0.25, 0.3) is 0 Å². The average molecular weight is 528 g/mol. The number of sulfonamides is 1. The number of piperidine rings is 1. The molecule has 2 aromatic rings. The van der Waals surface area contributed by atoms with E-state index < -0.39 is 16.1 Å². The lowest BCUT2D eigenvalue weighted by molar-refractivity contribution is 0.0628. The fraction of sp³-hybridized carbons (Fsp3) is 0.318. The molecule has 0 bridgehead atoms. The quantitative estimate of drug-likeness (QED) is 0.617. The largest absolute Gasteiger partial charge is 0.393 e. The summed E-state index contributed by atoms with van der Waals surface area (Å²) in [5.74, 6) is -0.504. The highest BCUT2D eigenvalue weighted by Gasteiger charge is 2.34. The summed E-state index contributed by atoms with van der Waals surface area (Å²) in [6.45, 7) is 2.32. The van der Waals surface area contributed by atoms with Crippen molar-refractivity contribution in [3.05, 3.63) is 69.0 Å². The highest BCUT2D eigenvalue weighted by molar-refractivity contribution is 9.10. The third-order valence-electron chi connectivity index (χ3n) is 5.73. The van der Waals surface area contributed by atoms with Gasteiger partial charge < -0.3 is 5.11 Å². The number of nitrogens with zero attached hydrogens (tertiary/aromatic N) is 2. The lowest BCUT2D eigenvalue weighted by Crippen LogP contribution is -2.44. The molecule has 4 rings (SSSR count). The summed E-state index contributed by atoms with van der Waals surface area (Å²) in [5, 5.41) is 10.1. The molecule has 2 heterocycles. The highest BCUT2D eigenvalue weighted by Crippen LogP contribution is 2.32. The van der Waals surface area contributed by atoms with Crippen LogP contribution in [0, 0.1) is 11.7 Å². The second-order valence-corrected chi connectivity index (χ2v) is 11.0. The van der Waals surface area contributed by atoms with Crippen LogP contribution in [0.1, 0.15) is 30.9 Å². The monoisotopic (exact) mass is 526 g/mol. The van der Waals surface area contributed by atoms with Gasteiger partial charge in [0.1, 0.15) is 10.7 Å². The second kappa shape index (κ2) is 8.75. The van der Waals surface area contributed by atoms with Gasteiger partial charge in [-0.15, -0.1) is 0 Å². The Morgan fingerprint density at radius 3 is 2.68 bits per heavy atom. The molecule has 2 aromatic carbocycles. The average Bonchev–Trinajstić information content (AvgIpc) is 3.22. The minimum Gasteiger partial charge on any atom is -0.393 e. The predicted molar refractivity (Wildman–Crippen MR) is 123 cm³/mol. The van der Waals surface area contributed by atoms with E-state index in [0.29, 0.717) is 28.6 Å². The van der Waals surface area contributed by atoms with E-state index in [1.165, 1.54) is 10.4 Å². The normalized spacial score (nSPS) is 22.4. The number of aliphatic imine (C=N–C) groups is 1. The summed E-state index contributed by atoms with van der Waals surface area (Å²) in [4.78, 5) is 4.47. The Labute approximate surface area is 194 Å². The van der Waals surface area contributed by atoms with Crippen molar-refractivity contribution in [3.63, 3.8) is 0 Å². The van der Waals surface area contributed by atoms with Crippen LogP contribution in [0.15, 0.2) is 57.0 Å². The van der Waals surface area contributed by atoms with E-state index in [1.54, 1.807) is 36.5 Å². The Balaban J connectivity index is 1.58. The van der Waals surface area contributed by atoms with Gasteiger partial charge in [-0.05, 0) is 69.2 Å². The minimum atomic E-state index is -3.81. The molecule has 5 nitrogen and oxygen atoms in total. The molecule has 0 saturated carbocycles. The molecule has 2 aliphatic heterocycles. The number of benzene rings is 2. The van der Waals surface area contributed by atoms with E-state index in [4.69, 9.17) is 11.6 Å². The van der Waals surface area contributed by atoms with Crippen molar-refractivity contribution in [1.82, 2.24) is 4.31 Å². The Kier molecular flexibility index (Phi) is 6.38. The Morgan fingerprint density at radius 1 is 1.23 bits per heavy atom. The summed E-state index contributed by atoms with van der Waals surface area (Å²) in [7, 11) is -3.81. The zero-order valence-electron chi connectivity index (χ0n) is 16.7. The molecule has 164 valence electrons. The number of hydrogen-bond donors (Lipinski definition) is 1. The van der Waals surface area contributed by atoms with Gasteiger partial charge in [0.2, 0.25) is 10.0 Å². The van der Waals surface area contributed by atoms with Crippen LogP contribution in [0.25, 0.3) is 5.57 Å². The highest BCUT2D eigenvalue weighted by atomic mass is 79.9. The number of rotatable bonds is 4. The first kappa shape index (κ1) is 22.6. The van der Waals surface area contributed by atoms with E-state index in [0.717, 1.165) is 11.1 Å². The molecule has 1 N–H and O–H groups in total. The Morgan fingerprint density at radius 2 is 1.97 bits per heavy atom. The third kappa shape index (κ3) is 4.50. The molecule has 2 aliphatic rings. The topological polar surface area (TPSA) is 70.0 Å². The summed E-state index contributed by atoms with van der Waals surface area (Å²) < 4.78 is 42.2. The zero-order valence-corrected chi connectivity index (χ0v) is 19.9. The van der Waals surface area contributed by atoms with Gasteiger partial charge in [-0.25, -0.2) is 12.8 Å². The van der Waals surface area contributed by atoms with Crippen LogP contribution in [0.2, 0.25) is 5.02 Å². The van der Waals surface area contributed by atoms with Crippen LogP contribution in [0.3, 0.4) is 0 Å². The van der Waals surface area contributed by atoms with Crippen molar-refractivity contribution >= 4 is 48.8 Å². The van der Waals surface area contributed by atoms with E-state index in [1.807, 2.05) is 6.92 Å². The summed E-state index contributed by atoms with van der Waals surface area (Å²) in [5.41, 5.74) is 2.91. The van der Waals surface area contributed by atoms with Crippen molar-refractivity contribution in [3.8, 4) is 0 Å². The molecule has 0 amide bonds. The van der Waals surface area contributed by atoms with Gasteiger partial charge in [0.05, 0.1) is 21.3 Å². The molecule has 0 aromatic heterocycles. The predicted octanol–water partition coefficient (Wildman–Crippen LogP) is 4.87. The second-order valence-electron chi connectivity index (χ2n) is 7.88.